The Morgan fingerprint density at radius 3 is 2.47 bits per heavy atom. The molecule has 1 saturated heterocycles. The minimum Gasteiger partial charge on any atom is -0.381 e. The van der Waals surface area contributed by atoms with Crippen LogP contribution in [0.5, 0.6) is 0 Å². The molecule has 0 saturated carbocycles. The topological polar surface area (TPSA) is 26.7 Å². The largest absolute Gasteiger partial charge is 0.381 e. The fraction of sp³-hybridized carbons (Fsp3) is 1.00. The molecule has 90 valence electrons. The summed E-state index contributed by atoms with van der Waals surface area (Å²) < 4.78 is 0. The zero-order chi connectivity index (χ0) is 11.1. The van der Waals surface area contributed by atoms with Crippen LogP contribution in [-0.2, 0) is 0 Å². The number of hydrogen-bond acceptors (Lipinski definition) is 3. The van der Waals surface area contributed by atoms with Crippen molar-refractivity contribution in [2.45, 2.75) is 45.6 Å². The van der Waals surface area contributed by atoms with Crippen LogP contribution in [0.4, 0.5) is 0 Å². The van der Waals surface area contributed by atoms with Gasteiger partial charge in [-0.2, -0.15) is 0 Å². The van der Waals surface area contributed by atoms with Gasteiger partial charge in [0.2, 0.25) is 0 Å². The summed E-state index contributed by atoms with van der Waals surface area (Å²) in [5.74, 6) is 0. The number of aliphatic hydroxyl groups is 1. The van der Waals surface area contributed by atoms with Gasteiger partial charge in [0.25, 0.3) is 0 Å². The van der Waals surface area contributed by atoms with Gasteiger partial charge in [-0.05, 0) is 38.8 Å². The Kier molecular flexibility index (Phi) is 6.22. The van der Waals surface area contributed by atoms with Gasteiger partial charge < -0.3 is 5.11 Å². The van der Waals surface area contributed by atoms with E-state index < -0.39 is 0 Å². The van der Waals surface area contributed by atoms with Crippen LogP contribution in [0.3, 0.4) is 0 Å². The molecule has 0 aromatic rings. The molecule has 1 N–H and O–H groups in total. The van der Waals surface area contributed by atoms with Gasteiger partial charge in [-0.15, -0.1) is 0 Å². The predicted octanol–water partition coefficient (Wildman–Crippen LogP) is 1.52. The van der Waals surface area contributed by atoms with Gasteiger partial charge in [0.15, 0.2) is 0 Å². The van der Waals surface area contributed by atoms with Gasteiger partial charge in [-0.3, -0.25) is 9.80 Å². The molecule has 3 nitrogen and oxygen atoms in total. The lowest BCUT2D eigenvalue weighted by Gasteiger charge is -2.38. The molecule has 1 fully saturated rings. The predicted molar refractivity (Wildman–Crippen MR) is 63.8 cm³/mol. The van der Waals surface area contributed by atoms with Crippen LogP contribution in [-0.4, -0.2) is 53.9 Å². The van der Waals surface area contributed by atoms with Crippen molar-refractivity contribution in [3.63, 3.8) is 0 Å². The summed E-state index contributed by atoms with van der Waals surface area (Å²) in [7, 11) is 0. The summed E-state index contributed by atoms with van der Waals surface area (Å²) in [5, 5.41) is 9.16. The minimum atomic E-state index is 0.225. The summed E-state index contributed by atoms with van der Waals surface area (Å²) in [6.45, 7) is 9.25. The van der Waals surface area contributed by atoms with E-state index >= 15 is 0 Å². The van der Waals surface area contributed by atoms with Crippen molar-refractivity contribution in [1.82, 2.24) is 9.80 Å². The maximum atomic E-state index is 9.16. The van der Waals surface area contributed by atoms with Gasteiger partial charge in [-0.1, -0.05) is 13.8 Å². The number of hydrogen-bond donors (Lipinski definition) is 1. The van der Waals surface area contributed by atoms with Crippen molar-refractivity contribution >= 4 is 0 Å². The number of likely N-dealkylation sites (tertiary alicyclic amines) is 1. The van der Waals surface area contributed by atoms with E-state index in [2.05, 4.69) is 23.6 Å². The van der Waals surface area contributed by atoms with E-state index in [1.807, 2.05) is 0 Å². The smallest absolute Gasteiger partial charge is 0.0957 e. The number of rotatable bonds is 6. The van der Waals surface area contributed by atoms with Crippen LogP contribution in [0.1, 0.15) is 39.5 Å². The van der Waals surface area contributed by atoms with Crippen molar-refractivity contribution in [2.75, 3.05) is 32.9 Å². The fourth-order valence-corrected chi connectivity index (χ4v) is 2.51. The van der Waals surface area contributed by atoms with Crippen molar-refractivity contribution in [3.05, 3.63) is 0 Å². The van der Waals surface area contributed by atoms with Crippen molar-refractivity contribution in [1.29, 1.82) is 0 Å². The first-order chi connectivity index (χ1) is 7.31. The molecule has 15 heavy (non-hydrogen) atoms. The van der Waals surface area contributed by atoms with E-state index in [0.29, 0.717) is 6.04 Å². The molecule has 1 aliphatic heterocycles. The highest BCUT2D eigenvalue weighted by molar-refractivity contribution is 4.79. The van der Waals surface area contributed by atoms with Crippen LogP contribution in [0.25, 0.3) is 0 Å². The zero-order valence-corrected chi connectivity index (χ0v) is 10.3. The summed E-state index contributed by atoms with van der Waals surface area (Å²) in [6, 6.07) is 0.672. The van der Waals surface area contributed by atoms with Crippen molar-refractivity contribution < 1.29 is 5.11 Å². The second-order valence-corrected chi connectivity index (χ2v) is 4.55. The number of piperidine rings is 1. The van der Waals surface area contributed by atoms with Gasteiger partial charge in [0, 0.05) is 19.1 Å². The molecule has 0 radical (unpaired) electrons. The van der Waals surface area contributed by atoms with Gasteiger partial charge >= 0.3 is 0 Å². The molecule has 1 rings (SSSR count). The first-order valence-corrected chi connectivity index (χ1v) is 6.39. The standard InChI is InChI=1S/C12H26N2O/c1-3-7-14(8-4-2)12-6-5-9-13(10-12)11-15/h12,15H,3-11H2,1-2H3. The van der Waals surface area contributed by atoms with Crippen molar-refractivity contribution in [3.8, 4) is 0 Å². The van der Waals surface area contributed by atoms with E-state index in [1.54, 1.807) is 0 Å². The first-order valence-electron chi connectivity index (χ1n) is 6.39. The monoisotopic (exact) mass is 214 g/mol. The lowest BCUT2D eigenvalue weighted by atomic mass is 10.0. The third kappa shape index (κ3) is 4.09. The molecule has 3 heteroatoms. The highest BCUT2D eigenvalue weighted by Crippen LogP contribution is 2.16. The second kappa shape index (κ2) is 7.20. The molecule has 0 aromatic heterocycles. The van der Waals surface area contributed by atoms with Crippen molar-refractivity contribution in [2.24, 2.45) is 0 Å². The molecule has 0 amide bonds. The average Bonchev–Trinajstić information content (AvgIpc) is 2.29. The minimum absolute atomic E-state index is 0.225. The lowest BCUT2D eigenvalue weighted by Crippen LogP contribution is -2.48. The van der Waals surface area contributed by atoms with E-state index in [4.69, 9.17) is 5.11 Å². The SMILES string of the molecule is CCCN(CCC)C1CCCN(CO)C1. The van der Waals surface area contributed by atoms with Crippen LogP contribution in [0.15, 0.2) is 0 Å². The molecule has 0 aliphatic carbocycles. The average molecular weight is 214 g/mol. The fourth-order valence-electron chi connectivity index (χ4n) is 2.51. The summed E-state index contributed by atoms with van der Waals surface area (Å²) in [5.41, 5.74) is 0. The highest BCUT2D eigenvalue weighted by Gasteiger charge is 2.23. The van der Waals surface area contributed by atoms with E-state index in [1.165, 1.54) is 38.8 Å². The van der Waals surface area contributed by atoms with E-state index in [0.717, 1.165) is 13.1 Å². The lowest BCUT2D eigenvalue weighted by molar-refractivity contribution is 0.0389. The van der Waals surface area contributed by atoms with Crippen LogP contribution in [0, 0.1) is 0 Å². The summed E-state index contributed by atoms with van der Waals surface area (Å²) >= 11 is 0. The highest BCUT2D eigenvalue weighted by atomic mass is 16.3. The normalized spacial score (nSPS) is 23.6. The van der Waals surface area contributed by atoms with Crippen LogP contribution >= 0.6 is 0 Å². The molecule has 1 heterocycles. The summed E-state index contributed by atoms with van der Waals surface area (Å²) in [4.78, 5) is 4.76. The van der Waals surface area contributed by atoms with E-state index in [9.17, 15) is 0 Å². The molecule has 1 unspecified atom stereocenters. The molecule has 0 spiro atoms. The Balaban J connectivity index is 2.42. The first kappa shape index (κ1) is 12.9. The Hall–Kier alpha value is -0.120. The molecule has 1 atom stereocenters. The molecular weight excluding hydrogens is 188 g/mol. The van der Waals surface area contributed by atoms with Crippen LogP contribution < -0.4 is 0 Å². The van der Waals surface area contributed by atoms with Gasteiger partial charge in [0.1, 0.15) is 0 Å². The van der Waals surface area contributed by atoms with Crippen LogP contribution in [0.2, 0.25) is 0 Å². The molecule has 1 aliphatic rings. The third-order valence-corrected chi connectivity index (χ3v) is 3.22. The van der Waals surface area contributed by atoms with Gasteiger partial charge in [-0.25, -0.2) is 0 Å². The maximum absolute atomic E-state index is 9.16. The molecule has 0 bridgehead atoms. The zero-order valence-electron chi connectivity index (χ0n) is 10.3. The Morgan fingerprint density at radius 1 is 1.27 bits per heavy atom. The molecular formula is C12H26N2O. The Morgan fingerprint density at radius 2 is 1.93 bits per heavy atom. The Bertz CT molecular complexity index is 158. The number of nitrogens with zero attached hydrogens (tertiary/aromatic N) is 2. The quantitative estimate of drug-likeness (QED) is 0.726. The third-order valence-electron chi connectivity index (χ3n) is 3.22. The maximum Gasteiger partial charge on any atom is 0.0957 e. The molecule has 0 aromatic carbocycles. The second-order valence-electron chi connectivity index (χ2n) is 4.55. The number of aliphatic hydroxyl groups excluding tert-OH is 1. The van der Waals surface area contributed by atoms with Gasteiger partial charge in [0.05, 0.1) is 6.73 Å². The van der Waals surface area contributed by atoms with E-state index in [-0.39, 0.29) is 6.73 Å². The Labute approximate surface area is 94.1 Å². The summed E-state index contributed by atoms with van der Waals surface area (Å²) in [6.07, 6.45) is 5.00.